The summed E-state index contributed by atoms with van der Waals surface area (Å²) in [4.78, 5) is 23.3. The molecule has 1 atom stereocenters. The molecule has 0 aromatic carbocycles. The zero-order valence-electron chi connectivity index (χ0n) is 8.49. The van der Waals surface area contributed by atoms with Crippen LogP contribution in [0.15, 0.2) is 0 Å². The molecule has 6 nitrogen and oxygen atoms in total. The van der Waals surface area contributed by atoms with E-state index in [0.29, 0.717) is 13.1 Å². The molecule has 0 saturated heterocycles. The van der Waals surface area contributed by atoms with Crippen molar-refractivity contribution in [1.29, 1.82) is 0 Å². The topological polar surface area (TPSA) is 95.7 Å². The van der Waals surface area contributed by atoms with Gasteiger partial charge in [0.05, 0.1) is 12.5 Å². The highest BCUT2D eigenvalue weighted by Gasteiger charge is 2.15. The molecule has 0 bridgehead atoms. The molecule has 0 aromatic heterocycles. The van der Waals surface area contributed by atoms with Crippen molar-refractivity contribution < 1.29 is 14.7 Å². The molecule has 0 aliphatic heterocycles. The summed E-state index contributed by atoms with van der Waals surface area (Å²) in [6, 6.07) is -0.963. The lowest BCUT2D eigenvalue weighted by Crippen LogP contribution is -2.43. The van der Waals surface area contributed by atoms with Gasteiger partial charge >= 0.3 is 5.97 Å². The third-order valence-corrected chi connectivity index (χ3v) is 1.59. The van der Waals surface area contributed by atoms with Crippen molar-refractivity contribution in [3.63, 3.8) is 0 Å². The second-order valence-electron chi connectivity index (χ2n) is 3.30. The van der Waals surface area contributed by atoms with Crippen molar-refractivity contribution in [2.75, 3.05) is 27.2 Å². The van der Waals surface area contributed by atoms with E-state index < -0.39 is 17.9 Å². The highest BCUT2D eigenvalue weighted by atomic mass is 16.4. The molecule has 4 N–H and O–H groups in total. The van der Waals surface area contributed by atoms with Gasteiger partial charge in [0.1, 0.15) is 0 Å². The Kier molecular flexibility index (Phi) is 5.82. The summed E-state index contributed by atoms with van der Waals surface area (Å²) in [5.41, 5.74) is 5.33. The lowest BCUT2D eigenvalue weighted by molar-refractivity contribution is -0.139. The van der Waals surface area contributed by atoms with E-state index in [-0.39, 0.29) is 6.42 Å². The van der Waals surface area contributed by atoms with Crippen LogP contribution in [-0.2, 0) is 9.59 Å². The number of amides is 1. The molecule has 14 heavy (non-hydrogen) atoms. The average molecular weight is 203 g/mol. The van der Waals surface area contributed by atoms with E-state index in [1.807, 2.05) is 19.0 Å². The maximum Gasteiger partial charge on any atom is 0.305 e. The third-order valence-electron chi connectivity index (χ3n) is 1.59. The normalized spacial score (nSPS) is 12.6. The zero-order chi connectivity index (χ0) is 11.1. The molecule has 0 aliphatic rings. The van der Waals surface area contributed by atoms with Crippen LogP contribution in [0.5, 0.6) is 0 Å². The number of aliphatic carboxylic acids is 1. The number of nitrogens with one attached hydrogen (secondary N) is 1. The van der Waals surface area contributed by atoms with Crippen LogP contribution >= 0.6 is 0 Å². The largest absolute Gasteiger partial charge is 0.481 e. The van der Waals surface area contributed by atoms with Gasteiger partial charge in [-0.2, -0.15) is 0 Å². The maximum atomic E-state index is 11.1. The molecule has 82 valence electrons. The molecule has 6 heteroatoms. The first-order valence-corrected chi connectivity index (χ1v) is 4.33. The van der Waals surface area contributed by atoms with Crippen LogP contribution in [0.1, 0.15) is 6.42 Å². The van der Waals surface area contributed by atoms with E-state index in [4.69, 9.17) is 10.8 Å². The third kappa shape index (κ3) is 6.38. The monoisotopic (exact) mass is 203 g/mol. The van der Waals surface area contributed by atoms with Crippen LogP contribution in [0.25, 0.3) is 0 Å². The summed E-state index contributed by atoms with van der Waals surface area (Å²) in [7, 11) is 3.76. The van der Waals surface area contributed by atoms with Gasteiger partial charge in [-0.15, -0.1) is 0 Å². The number of carboxylic acid groups (broad SMARTS) is 1. The van der Waals surface area contributed by atoms with Crippen LogP contribution in [0.2, 0.25) is 0 Å². The molecule has 0 radical (unpaired) electrons. The molecular weight excluding hydrogens is 186 g/mol. The van der Waals surface area contributed by atoms with Gasteiger partial charge in [0.25, 0.3) is 0 Å². The van der Waals surface area contributed by atoms with Crippen LogP contribution in [-0.4, -0.2) is 55.1 Å². The van der Waals surface area contributed by atoms with Gasteiger partial charge in [-0.3, -0.25) is 9.59 Å². The van der Waals surface area contributed by atoms with Crippen LogP contribution in [0.4, 0.5) is 0 Å². The van der Waals surface area contributed by atoms with Crippen molar-refractivity contribution >= 4 is 11.9 Å². The van der Waals surface area contributed by atoms with E-state index in [9.17, 15) is 9.59 Å². The minimum absolute atomic E-state index is 0.339. The predicted molar refractivity (Wildman–Crippen MR) is 51.8 cm³/mol. The molecule has 0 aromatic rings. The fourth-order valence-electron chi connectivity index (χ4n) is 0.815. The number of carboxylic acids is 1. The SMILES string of the molecule is CN(C)CCNC(=O)C(N)CC(=O)O. The summed E-state index contributed by atoms with van der Waals surface area (Å²) >= 11 is 0. The highest BCUT2D eigenvalue weighted by Crippen LogP contribution is 1.87. The lowest BCUT2D eigenvalue weighted by Gasteiger charge is -2.12. The van der Waals surface area contributed by atoms with Crippen molar-refractivity contribution in [2.45, 2.75) is 12.5 Å². The quantitative estimate of drug-likeness (QED) is 0.486. The number of hydrogen-bond acceptors (Lipinski definition) is 4. The summed E-state index contributed by atoms with van der Waals surface area (Å²) in [5.74, 6) is -1.49. The van der Waals surface area contributed by atoms with Gasteiger partial charge in [0.15, 0.2) is 0 Å². The Balaban J connectivity index is 3.67. The number of rotatable bonds is 6. The van der Waals surface area contributed by atoms with Crippen molar-refractivity contribution in [3.05, 3.63) is 0 Å². The van der Waals surface area contributed by atoms with Crippen LogP contribution in [0.3, 0.4) is 0 Å². The van der Waals surface area contributed by atoms with E-state index in [2.05, 4.69) is 5.32 Å². The fourth-order valence-corrected chi connectivity index (χ4v) is 0.815. The number of carbonyl (C=O) groups is 2. The molecule has 1 unspecified atom stereocenters. The second kappa shape index (κ2) is 6.33. The first-order valence-electron chi connectivity index (χ1n) is 4.33. The van der Waals surface area contributed by atoms with Gasteiger partial charge in [-0.25, -0.2) is 0 Å². The smallest absolute Gasteiger partial charge is 0.305 e. The molecule has 0 heterocycles. The Bertz CT molecular complexity index is 206. The standard InChI is InChI=1S/C8H17N3O3/c1-11(2)4-3-10-8(14)6(9)5-7(12)13/h6H,3-5,9H2,1-2H3,(H,10,14)(H,12,13). The first-order chi connectivity index (χ1) is 6.43. The zero-order valence-corrected chi connectivity index (χ0v) is 8.49. The number of nitrogens with zero attached hydrogens (tertiary/aromatic N) is 1. The van der Waals surface area contributed by atoms with Gasteiger partial charge in [0.2, 0.25) is 5.91 Å². The van der Waals surface area contributed by atoms with E-state index in [0.717, 1.165) is 0 Å². The second-order valence-corrected chi connectivity index (χ2v) is 3.30. The Morgan fingerprint density at radius 2 is 2.07 bits per heavy atom. The Morgan fingerprint density at radius 3 is 2.50 bits per heavy atom. The van der Waals surface area contributed by atoms with E-state index >= 15 is 0 Å². The molecule has 0 saturated carbocycles. The predicted octanol–water partition coefficient (Wildman–Crippen LogP) is -1.53. The average Bonchev–Trinajstić information content (AvgIpc) is 2.01. The lowest BCUT2D eigenvalue weighted by atomic mass is 10.2. The van der Waals surface area contributed by atoms with E-state index in [1.54, 1.807) is 0 Å². The number of hydrogen-bond donors (Lipinski definition) is 3. The molecule has 1 amide bonds. The molecular formula is C8H17N3O3. The maximum absolute atomic E-state index is 11.1. The van der Waals surface area contributed by atoms with E-state index in [1.165, 1.54) is 0 Å². The van der Waals surface area contributed by atoms with Gasteiger partial charge in [-0.05, 0) is 14.1 Å². The van der Waals surface area contributed by atoms with Gasteiger partial charge in [-0.1, -0.05) is 0 Å². The summed E-state index contributed by atoms with van der Waals surface area (Å²) in [6.45, 7) is 1.17. The minimum atomic E-state index is -1.07. The Labute approximate surface area is 83.1 Å². The molecule has 0 aliphatic carbocycles. The Morgan fingerprint density at radius 1 is 1.50 bits per heavy atom. The Hall–Kier alpha value is -1.14. The first kappa shape index (κ1) is 12.9. The minimum Gasteiger partial charge on any atom is -0.481 e. The highest BCUT2D eigenvalue weighted by molar-refractivity contribution is 5.85. The van der Waals surface area contributed by atoms with Gasteiger partial charge in [0, 0.05) is 13.1 Å². The van der Waals surface area contributed by atoms with Gasteiger partial charge < -0.3 is 21.1 Å². The van der Waals surface area contributed by atoms with Crippen LogP contribution < -0.4 is 11.1 Å². The number of carbonyl (C=O) groups excluding carboxylic acids is 1. The van der Waals surface area contributed by atoms with Crippen molar-refractivity contribution in [1.82, 2.24) is 10.2 Å². The fraction of sp³-hybridized carbons (Fsp3) is 0.750. The summed E-state index contributed by atoms with van der Waals surface area (Å²) in [5, 5.41) is 10.9. The molecule has 0 rings (SSSR count). The van der Waals surface area contributed by atoms with Crippen molar-refractivity contribution in [2.24, 2.45) is 5.73 Å². The summed E-state index contributed by atoms with van der Waals surface area (Å²) < 4.78 is 0. The number of nitrogens with two attached hydrogens (primary N) is 1. The summed E-state index contributed by atoms with van der Waals surface area (Å²) in [6.07, 6.45) is -0.339. The molecule has 0 spiro atoms. The van der Waals surface area contributed by atoms with Crippen LogP contribution in [0, 0.1) is 0 Å². The number of likely N-dealkylation sites (N-methyl/N-ethyl adjacent to an activating group) is 1. The van der Waals surface area contributed by atoms with Crippen molar-refractivity contribution in [3.8, 4) is 0 Å². The molecule has 0 fully saturated rings.